The normalized spacial score (nSPS) is 10.4. The summed E-state index contributed by atoms with van der Waals surface area (Å²) in [6, 6.07) is 7.09. The van der Waals surface area contributed by atoms with E-state index >= 15 is 0 Å². The molecule has 20 heavy (non-hydrogen) atoms. The van der Waals surface area contributed by atoms with Crippen LogP contribution in [0, 0.1) is 0 Å². The highest BCUT2D eigenvalue weighted by atomic mass is 32.2. The van der Waals surface area contributed by atoms with Crippen molar-refractivity contribution in [2.75, 3.05) is 23.1 Å². The number of aromatic nitrogens is 2. The maximum Gasteiger partial charge on any atom is 0.225 e. The van der Waals surface area contributed by atoms with Gasteiger partial charge in [-0.05, 0) is 30.5 Å². The van der Waals surface area contributed by atoms with E-state index in [2.05, 4.69) is 15.5 Å². The van der Waals surface area contributed by atoms with Gasteiger partial charge < -0.3 is 11.1 Å². The summed E-state index contributed by atoms with van der Waals surface area (Å²) in [5.41, 5.74) is 7.03. The van der Waals surface area contributed by atoms with Gasteiger partial charge in [-0.15, -0.1) is 10.2 Å². The highest BCUT2D eigenvalue weighted by Gasteiger charge is 2.06. The average Bonchev–Trinajstić information content (AvgIpc) is 2.89. The van der Waals surface area contributed by atoms with Gasteiger partial charge in [0.1, 0.15) is 0 Å². The van der Waals surface area contributed by atoms with Crippen molar-refractivity contribution in [1.82, 2.24) is 10.2 Å². The molecular formula is C12H14N4OS3. The number of anilines is 2. The number of benzene rings is 1. The standard InChI is InChI=1S/C12H14N4OS3/c1-18-11-15-16-12(20-11)19-7-6-10(17)14-9-4-2-8(13)3-5-9/h2-5H,6-7,13H2,1H3,(H,14,17). The Balaban J connectivity index is 1.73. The highest BCUT2D eigenvalue weighted by molar-refractivity contribution is 8.02. The Bertz CT molecular complexity index is 570. The molecule has 0 atom stereocenters. The molecule has 1 amide bonds. The first-order valence-electron chi connectivity index (χ1n) is 5.83. The Labute approximate surface area is 129 Å². The predicted molar refractivity (Wildman–Crippen MR) is 86.5 cm³/mol. The zero-order chi connectivity index (χ0) is 14.4. The third-order valence-electron chi connectivity index (χ3n) is 2.31. The van der Waals surface area contributed by atoms with Gasteiger partial charge in [-0.2, -0.15) is 0 Å². The number of hydrogen-bond acceptors (Lipinski definition) is 7. The van der Waals surface area contributed by atoms with E-state index in [9.17, 15) is 4.79 Å². The third-order valence-corrected chi connectivity index (χ3v) is 5.35. The second-order valence-corrected chi connectivity index (χ2v) is 7.18. The van der Waals surface area contributed by atoms with Crippen molar-refractivity contribution < 1.29 is 4.79 Å². The summed E-state index contributed by atoms with van der Waals surface area (Å²) in [4.78, 5) is 11.8. The monoisotopic (exact) mass is 326 g/mol. The van der Waals surface area contributed by atoms with E-state index in [1.54, 1.807) is 59.1 Å². The van der Waals surface area contributed by atoms with Crippen molar-refractivity contribution in [3.05, 3.63) is 24.3 Å². The van der Waals surface area contributed by atoms with E-state index in [0.717, 1.165) is 14.4 Å². The zero-order valence-electron chi connectivity index (χ0n) is 10.8. The lowest BCUT2D eigenvalue weighted by molar-refractivity contribution is -0.115. The Morgan fingerprint density at radius 1 is 1.30 bits per heavy atom. The lowest BCUT2D eigenvalue weighted by Crippen LogP contribution is -2.12. The number of amides is 1. The predicted octanol–water partition coefficient (Wildman–Crippen LogP) is 2.96. The third kappa shape index (κ3) is 4.69. The number of nitrogens with zero attached hydrogens (tertiary/aromatic N) is 2. The lowest BCUT2D eigenvalue weighted by Gasteiger charge is -2.04. The molecule has 0 aliphatic rings. The maximum atomic E-state index is 11.8. The van der Waals surface area contributed by atoms with Crippen molar-refractivity contribution in [1.29, 1.82) is 0 Å². The molecule has 1 aromatic carbocycles. The van der Waals surface area contributed by atoms with Crippen LogP contribution < -0.4 is 11.1 Å². The van der Waals surface area contributed by atoms with Crippen molar-refractivity contribution in [3.63, 3.8) is 0 Å². The van der Waals surface area contributed by atoms with Crippen LogP contribution in [-0.2, 0) is 4.79 Å². The smallest absolute Gasteiger partial charge is 0.225 e. The second kappa shape index (κ2) is 7.51. The van der Waals surface area contributed by atoms with E-state index in [0.29, 0.717) is 17.9 Å². The summed E-state index contributed by atoms with van der Waals surface area (Å²) in [5, 5.41) is 10.9. The van der Waals surface area contributed by atoms with Crippen LogP contribution in [0.25, 0.3) is 0 Å². The molecule has 0 saturated carbocycles. The number of nitrogens with two attached hydrogens (primary N) is 1. The minimum atomic E-state index is -0.0168. The summed E-state index contributed by atoms with van der Waals surface area (Å²) in [6.45, 7) is 0. The summed E-state index contributed by atoms with van der Waals surface area (Å²) in [6.07, 6.45) is 2.40. The van der Waals surface area contributed by atoms with Crippen LogP contribution in [0.2, 0.25) is 0 Å². The summed E-state index contributed by atoms with van der Waals surface area (Å²) in [7, 11) is 0. The maximum absolute atomic E-state index is 11.8. The van der Waals surface area contributed by atoms with Crippen LogP contribution in [0.5, 0.6) is 0 Å². The fraction of sp³-hybridized carbons (Fsp3) is 0.250. The van der Waals surface area contributed by atoms with Crippen LogP contribution in [-0.4, -0.2) is 28.1 Å². The van der Waals surface area contributed by atoms with E-state index < -0.39 is 0 Å². The molecule has 2 aromatic rings. The lowest BCUT2D eigenvalue weighted by atomic mass is 10.3. The fourth-order valence-electron chi connectivity index (χ4n) is 1.36. The molecule has 0 aliphatic carbocycles. The molecule has 0 radical (unpaired) electrons. The molecule has 8 heteroatoms. The number of nitrogens with one attached hydrogen (secondary N) is 1. The molecule has 2 rings (SSSR count). The molecule has 0 aliphatic heterocycles. The van der Waals surface area contributed by atoms with Crippen molar-refractivity contribution >= 4 is 52.1 Å². The Hall–Kier alpha value is -1.25. The Morgan fingerprint density at radius 3 is 2.65 bits per heavy atom. The molecule has 0 fully saturated rings. The topological polar surface area (TPSA) is 80.9 Å². The first-order chi connectivity index (χ1) is 9.67. The molecule has 1 aromatic heterocycles. The van der Waals surface area contributed by atoms with E-state index in [-0.39, 0.29) is 5.91 Å². The van der Waals surface area contributed by atoms with Gasteiger partial charge >= 0.3 is 0 Å². The van der Waals surface area contributed by atoms with Crippen molar-refractivity contribution in [2.45, 2.75) is 15.1 Å². The molecule has 1 heterocycles. The van der Waals surface area contributed by atoms with Gasteiger partial charge in [0.15, 0.2) is 8.68 Å². The van der Waals surface area contributed by atoms with Crippen LogP contribution in [0.1, 0.15) is 6.42 Å². The van der Waals surface area contributed by atoms with Crippen LogP contribution in [0.4, 0.5) is 11.4 Å². The van der Waals surface area contributed by atoms with Gasteiger partial charge in [-0.3, -0.25) is 4.79 Å². The van der Waals surface area contributed by atoms with E-state index in [1.165, 1.54) is 0 Å². The van der Waals surface area contributed by atoms with Gasteiger partial charge in [-0.1, -0.05) is 34.9 Å². The van der Waals surface area contributed by atoms with E-state index in [4.69, 9.17) is 5.73 Å². The Morgan fingerprint density at radius 2 is 2.00 bits per heavy atom. The van der Waals surface area contributed by atoms with Gasteiger partial charge in [-0.25, -0.2) is 0 Å². The van der Waals surface area contributed by atoms with Crippen LogP contribution in [0.3, 0.4) is 0 Å². The summed E-state index contributed by atoms with van der Waals surface area (Å²) < 4.78 is 1.84. The highest BCUT2D eigenvalue weighted by Crippen LogP contribution is 2.27. The number of rotatable bonds is 6. The SMILES string of the molecule is CSc1nnc(SCCC(=O)Nc2ccc(N)cc2)s1. The average molecular weight is 326 g/mol. The fourth-order valence-corrected chi connectivity index (χ4v) is 3.81. The largest absolute Gasteiger partial charge is 0.399 e. The Kier molecular flexibility index (Phi) is 5.69. The molecule has 0 bridgehead atoms. The molecule has 0 saturated heterocycles. The molecule has 3 N–H and O–H groups in total. The summed E-state index contributed by atoms with van der Waals surface area (Å²) >= 11 is 4.67. The summed E-state index contributed by atoms with van der Waals surface area (Å²) in [5.74, 6) is 0.668. The number of carbonyl (C=O) groups excluding carboxylic acids is 1. The first kappa shape index (κ1) is 15.1. The number of carbonyl (C=O) groups is 1. The molecule has 0 spiro atoms. The van der Waals surface area contributed by atoms with E-state index in [1.807, 2.05) is 6.26 Å². The second-order valence-electron chi connectivity index (χ2n) is 3.81. The zero-order valence-corrected chi connectivity index (χ0v) is 13.3. The van der Waals surface area contributed by atoms with Gasteiger partial charge in [0, 0.05) is 23.5 Å². The van der Waals surface area contributed by atoms with Gasteiger partial charge in [0.25, 0.3) is 0 Å². The van der Waals surface area contributed by atoms with Crippen LogP contribution >= 0.6 is 34.9 Å². The minimum Gasteiger partial charge on any atom is -0.399 e. The number of thioether (sulfide) groups is 2. The molecular weight excluding hydrogens is 312 g/mol. The molecule has 106 valence electrons. The van der Waals surface area contributed by atoms with Crippen molar-refractivity contribution in [3.8, 4) is 0 Å². The minimum absolute atomic E-state index is 0.0168. The molecule has 5 nitrogen and oxygen atoms in total. The quantitative estimate of drug-likeness (QED) is 0.627. The van der Waals surface area contributed by atoms with Crippen LogP contribution in [0.15, 0.2) is 32.9 Å². The van der Waals surface area contributed by atoms with Gasteiger partial charge in [0.2, 0.25) is 5.91 Å². The molecule has 0 unspecified atom stereocenters. The number of hydrogen-bond donors (Lipinski definition) is 2. The van der Waals surface area contributed by atoms with Gasteiger partial charge in [0.05, 0.1) is 0 Å². The van der Waals surface area contributed by atoms with Crippen molar-refractivity contribution in [2.24, 2.45) is 0 Å². The number of nitrogen functional groups attached to an aromatic ring is 1. The first-order valence-corrected chi connectivity index (χ1v) is 8.86.